The molecule has 0 aliphatic carbocycles. The fourth-order valence-electron chi connectivity index (χ4n) is 1.64. The van der Waals surface area contributed by atoms with E-state index in [0.717, 1.165) is 0 Å². The molecule has 1 aliphatic heterocycles. The molecule has 0 radical (unpaired) electrons. The summed E-state index contributed by atoms with van der Waals surface area (Å²) in [6, 6.07) is 0. The summed E-state index contributed by atoms with van der Waals surface area (Å²) in [6.45, 7) is 2.12. The standard InChI is InChI=1S/C8H13N3O3S/c1-8(12)2-3-11(6-8)15(13,14)7-4-9-10-5-7/h4-5,12H,2-3,6H2,1H3,(H,9,10). The van der Waals surface area contributed by atoms with Gasteiger partial charge in [-0.05, 0) is 13.3 Å². The molecule has 1 aliphatic rings. The number of aromatic amines is 1. The Bertz CT molecular complexity index is 438. The number of β-amino-alcohol motifs (C(OH)–C–C–N with tert-alkyl or cyclic N) is 1. The first-order valence-corrected chi connectivity index (χ1v) is 6.07. The molecule has 2 N–H and O–H groups in total. The summed E-state index contributed by atoms with van der Waals surface area (Å²) in [6.07, 6.45) is 3.06. The molecule has 2 rings (SSSR count). The molecule has 1 fully saturated rings. The van der Waals surface area contributed by atoms with Crippen molar-refractivity contribution in [2.24, 2.45) is 0 Å². The predicted octanol–water partition coefficient (Wildman–Crippen LogP) is -0.445. The first-order chi connectivity index (χ1) is 6.92. The number of aliphatic hydroxyl groups is 1. The summed E-state index contributed by atoms with van der Waals surface area (Å²) in [5.74, 6) is 0. The molecule has 1 atom stereocenters. The normalized spacial score (nSPS) is 28.4. The smallest absolute Gasteiger partial charge is 0.246 e. The Morgan fingerprint density at radius 1 is 1.67 bits per heavy atom. The fourth-order valence-corrected chi connectivity index (χ4v) is 3.10. The minimum Gasteiger partial charge on any atom is -0.389 e. The van der Waals surface area contributed by atoms with Crippen molar-refractivity contribution in [3.05, 3.63) is 12.4 Å². The van der Waals surface area contributed by atoms with Crippen LogP contribution in [0.4, 0.5) is 0 Å². The van der Waals surface area contributed by atoms with E-state index in [1.807, 2.05) is 0 Å². The minimum absolute atomic E-state index is 0.139. The van der Waals surface area contributed by atoms with Gasteiger partial charge >= 0.3 is 0 Å². The topological polar surface area (TPSA) is 86.3 Å². The van der Waals surface area contributed by atoms with Gasteiger partial charge in [0.2, 0.25) is 10.0 Å². The Balaban J connectivity index is 2.26. The van der Waals surface area contributed by atoms with Gasteiger partial charge in [-0.3, -0.25) is 5.10 Å². The van der Waals surface area contributed by atoms with Gasteiger partial charge in [-0.25, -0.2) is 8.42 Å². The highest BCUT2D eigenvalue weighted by atomic mass is 32.2. The van der Waals surface area contributed by atoms with Gasteiger partial charge in [0, 0.05) is 19.3 Å². The van der Waals surface area contributed by atoms with Crippen molar-refractivity contribution in [3.63, 3.8) is 0 Å². The zero-order valence-corrected chi connectivity index (χ0v) is 9.16. The van der Waals surface area contributed by atoms with E-state index in [1.54, 1.807) is 6.92 Å². The number of H-pyrrole nitrogens is 1. The molecule has 0 amide bonds. The molecule has 0 spiro atoms. The maximum atomic E-state index is 11.9. The van der Waals surface area contributed by atoms with Gasteiger partial charge in [-0.2, -0.15) is 9.40 Å². The van der Waals surface area contributed by atoms with Crippen LogP contribution in [-0.4, -0.2) is 46.7 Å². The van der Waals surface area contributed by atoms with Crippen LogP contribution in [0, 0.1) is 0 Å². The lowest BCUT2D eigenvalue weighted by molar-refractivity contribution is 0.0762. The van der Waals surface area contributed by atoms with Crippen LogP contribution in [0.3, 0.4) is 0 Å². The minimum atomic E-state index is -3.49. The Kier molecular flexibility index (Phi) is 2.32. The second kappa shape index (κ2) is 3.29. The van der Waals surface area contributed by atoms with Gasteiger partial charge in [0.05, 0.1) is 11.8 Å². The lowest BCUT2D eigenvalue weighted by Crippen LogP contribution is -2.33. The van der Waals surface area contributed by atoms with E-state index in [9.17, 15) is 13.5 Å². The molecule has 84 valence electrons. The molecule has 15 heavy (non-hydrogen) atoms. The number of sulfonamides is 1. The summed E-state index contributed by atoms with van der Waals surface area (Å²) >= 11 is 0. The molecule has 1 saturated heterocycles. The molecular weight excluding hydrogens is 218 g/mol. The lowest BCUT2D eigenvalue weighted by Gasteiger charge is -2.17. The van der Waals surface area contributed by atoms with Gasteiger partial charge in [-0.15, -0.1) is 0 Å². The highest BCUT2D eigenvalue weighted by molar-refractivity contribution is 7.89. The Morgan fingerprint density at radius 2 is 2.40 bits per heavy atom. The fraction of sp³-hybridized carbons (Fsp3) is 0.625. The highest BCUT2D eigenvalue weighted by Gasteiger charge is 2.38. The predicted molar refractivity (Wildman–Crippen MR) is 52.6 cm³/mol. The SMILES string of the molecule is CC1(O)CCN(S(=O)(=O)c2cn[nH]c2)C1. The van der Waals surface area contributed by atoms with Crippen molar-refractivity contribution >= 4 is 10.0 Å². The molecule has 1 unspecified atom stereocenters. The van der Waals surface area contributed by atoms with Gasteiger partial charge in [0.25, 0.3) is 0 Å². The molecule has 2 heterocycles. The van der Waals surface area contributed by atoms with Gasteiger partial charge in [0.1, 0.15) is 4.90 Å². The van der Waals surface area contributed by atoms with Crippen LogP contribution >= 0.6 is 0 Å². The van der Waals surface area contributed by atoms with Crippen molar-refractivity contribution in [1.82, 2.24) is 14.5 Å². The first kappa shape index (κ1) is 10.6. The molecule has 7 heteroatoms. The monoisotopic (exact) mass is 231 g/mol. The van der Waals surface area contributed by atoms with Crippen LogP contribution < -0.4 is 0 Å². The number of aromatic nitrogens is 2. The summed E-state index contributed by atoms with van der Waals surface area (Å²) in [4.78, 5) is 0.139. The number of hydrogen-bond acceptors (Lipinski definition) is 4. The van der Waals surface area contributed by atoms with Crippen molar-refractivity contribution in [1.29, 1.82) is 0 Å². The van der Waals surface area contributed by atoms with E-state index >= 15 is 0 Å². The number of rotatable bonds is 2. The Morgan fingerprint density at radius 3 is 2.87 bits per heavy atom. The number of nitrogens with one attached hydrogen (secondary N) is 1. The first-order valence-electron chi connectivity index (χ1n) is 4.63. The molecule has 1 aromatic heterocycles. The number of hydrogen-bond donors (Lipinski definition) is 2. The average Bonchev–Trinajstić information content (AvgIpc) is 2.72. The zero-order chi connectivity index (χ0) is 11.1. The van der Waals surface area contributed by atoms with E-state index < -0.39 is 15.6 Å². The van der Waals surface area contributed by atoms with Crippen LogP contribution in [0.1, 0.15) is 13.3 Å². The summed E-state index contributed by atoms with van der Waals surface area (Å²) in [5.41, 5.74) is -0.920. The van der Waals surface area contributed by atoms with E-state index in [1.165, 1.54) is 16.7 Å². The van der Waals surface area contributed by atoms with Crippen molar-refractivity contribution in [2.75, 3.05) is 13.1 Å². The van der Waals surface area contributed by atoms with Crippen LogP contribution in [-0.2, 0) is 10.0 Å². The third-order valence-corrected chi connectivity index (χ3v) is 4.34. The zero-order valence-electron chi connectivity index (χ0n) is 8.34. The lowest BCUT2D eigenvalue weighted by atomic mass is 10.1. The van der Waals surface area contributed by atoms with Crippen LogP contribution in [0.25, 0.3) is 0 Å². The molecule has 0 bridgehead atoms. The van der Waals surface area contributed by atoms with E-state index in [2.05, 4.69) is 10.2 Å². The highest BCUT2D eigenvalue weighted by Crippen LogP contribution is 2.25. The summed E-state index contributed by atoms with van der Waals surface area (Å²) in [5, 5.41) is 15.8. The second-order valence-corrected chi connectivity index (χ2v) is 5.96. The van der Waals surface area contributed by atoms with Crippen LogP contribution in [0.15, 0.2) is 17.3 Å². The van der Waals surface area contributed by atoms with Crippen molar-refractivity contribution in [2.45, 2.75) is 23.8 Å². The third kappa shape index (κ3) is 1.90. The summed E-state index contributed by atoms with van der Waals surface area (Å²) < 4.78 is 25.2. The Hall–Kier alpha value is -0.920. The molecule has 1 aromatic rings. The van der Waals surface area contributed by atoms with E-state index in [-0.39, 0.29) is 11.4 Å². The molecule has 0 aromatic carbocycles. The maximum absolute atomic E-state index is 11.9. The van der Waals surface area contributed by atoms with Gasteiger partial charge in [-0.1, -0.05) is 0 Å². The van der Waals surface area contributed by atoms with Gasteiger partial charge < -0.3 is 5.11 Å². The Labute approximate surface area is 88.0 Å². The van der Waals surface area contributed by atoms with Gasteiger partial charge in [0.15, 0.2) is 0 Å². The van der Waals surface area contributed by atoms with Crippen LogP contribution in [0.5, 0.6) is 0 Å². The maximum Gasteiger partial charge on any atom is 0.246 e. The summed E-state index contributed by atoms with van der Waals surface area (Å²) in [7, 11) is -3.49. The average molecular weight is 231 g/mol. The van der Waals surface area contributed by atoms with E-state index in [0.29, 0.717) is 13.0 Å². The molecule has 6 nitrogen and oxygen atoms in total. The van der Waals surface area contributed by atoms with Crippen molar-refractivity contribution in [3.8, 4) is 0 Å². The molecular formula is C8H13N3O3S. The largest absolute Gasteiger partial charge is 0.389 e. The second-order valence-electron chi connectivity index (χ2n) is 4.02. The van der Waals surface area contributed by atoms with Crippen molar-refractivity contribution < 1.29 is 13.5 Å². The van der Waals surface area contributed by atoms with Crippen LogP contribution in [0.2, 0.25) is 0 Å². The number of nitrogens with zero attached hydrogens (tertiary/aromatic N) is 2. The molecule has 0 saturated carbocycles. The third-order valence-electron chi connectivity index (χ3n) is 2.53. The van der Waals surface area contributed by atoms with E-state index in [4.69, 9.17) is 0 Å². The quantitative estimate of drug-likeness (QED) is 0.722.